The molecule has 1 saturated heterocycles. The molecule has 3 rings (SSSR count). The number of anilines is 2. The Morgan fingerprint density at radius 3 is 3.26 bits per heavy atom. The van der Waals surface area contributed by atoms with Gasteiger partial charge in [-0.2, -0.15) is 0 Å². The van der Waals surface area contributed by atoms with Crippen LogP contribution in [0.1, 0.15) is 13.3 Å². The number of hydrazine groups is 1. The summed E-state index contributed by atoms with van der Waals surface area (Å²) in [6, 6.07) is 0. The molecule has 1 fully saturated rings. The lowest BCUT2D eigenvalue weighted by molar-refractivity contribution is 0.0820. The van der Waals surface area contributed by atoms with Crippen LogP contribution in [0, 0.1) is 0 Å². The zero-order chi connectivity index (χ0) is 13.2. The minimum atomic E-state index is 0.189. The number of ether oxygens (including phenoxy) is 1. The highest BCUT2D eigenvalue weighted by atomic mass is 16.5. The maximum Gasteiger partial charge on any atom is 0.180 e. The van der Waals surface area contributed by atoms with E-state index in [0.29, 0.717) is 5.82 Å². The molecule has 2 aromatic heterocycles. The second kappa shape index (κ2) is 5.02. The molecule has 0 aromatic carbocycles. The van der Waals surface area contributed by atoms with Gasteiger partial charge in [0.2, 0.25) is 0 Å². The third-order valence-electron chi connectivity index (χ3n) is 3.26. The van der Waals surface area contributed by atoms with E-state index in [1.165, 1.54) is 0 Å². The molecule has 0 amide bonds. The summed E-state index contributed by atoms with van der Waals surface area (Å²) in [6.45, 7) is 4.58. The molecule has 2 aromatic rings. The molecule has 19 heavy (non-hydrogen) atoms. The summed E-state index contributed by atoms with van der Waals surface area (Å²) < 4.78 is 7.59. The van der Waals surface area contributed by atoms with Crippen LogP contribution in [0.25, 0.3) is 5.65 Å². The Morgan fingerprint density at radius 1 is 1.53 bits per heavy atom. The number of imidazole rings is 1. The average Bonchev–Trinajstić information content (AvgIpc) is 2.79. The molecule has 0 radical (unpaired) electrons. The van der Waals surface area contributed by atoms with E-state index < -0.39 is 0 Å². The predicted octanol–water partition coefficient (Wildman–Crippen LogP) is 0.630. The molecule has 1 aliphatic heterocycles. The molecule has 7 nitrogen and oxygen atoms in total. The molecule has 1 aliphatic rings. The van der Waals surface area contributed by atoms with Gasteiger partial charge >= 0.3 is 0 Å². The van der Waals surface area contributed by atoms with Crippen molar-refractivity contribution in [1.82, 2.24) is 14.4 Å². The van der Waals surface area contributed by atoms with Gasteiger partial charge in [-0.25, -0.2) is 15.8 Å². The van der Waals surface area contributed by atoms with Crippen molar-refractivity contribution in [2.75, 3.05) is 30.0 Å². The van der Waals surface area contributed by atoms with Gasteiger partial charge in [0.25, 0.3) is 0 Å². The van der Waals surface area contributed by atoms with Crippen molar-refractivity contribution >= 4 is 17.3 Å². The fraction of sp³-hybridized carbons (Fsp3) is 0.500. The number of nitrogens with one attached hydrogen (secondary N) is 1. The number of hydrogen-bond donors (Lipinski definition) is 2. The SMILES string of the molecule is CC1CN(c2nc(NN)cn3ccnc23)CCCO1. The van der Waals surface area contributed by atoms with E-state index in [1.54, 1.807) is 6.20 Å². The minimum absolute atomic E-state index is 0.189. The number of hydrogen-bond acceptors (Lipinski definition) is 6. The lowest BCUT2D eigenvalue weighted by Crippen LogP contribution is -2.31. The van der Waals surface area contributed by atoms with Crippen LogP contribution in [0.15, 0.2) is 18.6 Å². The standard InChI is InChI=1S/C12H18N6O/c1-9-7-17(4-2-6-19-9)12-11-14-3-5-18(11)8-10(15-12)16-13/h3,5,8-9,16H,2,4,6-7,13H2,1H3. The summed E-state index contributed by atoms with van der Waals surface area (Å²) in [6.07, 6.45) is 6.65. The smallest absolute Gasteiger partial charge is 0.180 e. The second-order valence-corrected chi connectivity index (χ2v) is 4.73. The lowest BCUT2D eigenvalue weighted by Gasteiger charge is -2.23. The van der Waals surface area contributed by atoms with E-state index in [0.717, 1.165) is 37.6 Å². The molecule has 0 bridgehead atoms. The topological polar surface area (TPSA) is 80.7 Å². The molecule has 3 heterocycles. The van der Waals surface area contributed by atoms with E-state index in [9.17, 15) is 0 Å². The fourth-order valence-corrected chi connectivity index (χ4v) is 2.38. The summed E-state index contributed by atoms with van der Waals surface area (Å²) in [4.78, 5) is 11.1. The zero-order valence-electron chi connectivity index (χ0n) is 10.9. The van der Waals surface area contributed by atoms with Crippen LogP contribution in [0.3, 0.4) is 0 Å². The number of nitrogens with zero attached hydrogens (tertiary/aromatic N) is 4. The Balaban J connectivity index is 2.04. The van der Waals surface area contributed by atoms with Crippen LogP contribution in [0.5, 0.6) is 0 Å². The molecule has 0 saturated carbocycles. The Morgan fingerprint density at radius 2 is 2.42 bits per heavy atom. The fourth-order valence-electron chi connectivity index (χ4n) is 2.38. The Labute approximate surface area is 111 Å². The van der Waals surface area contributed by atoms with Crippen LogP contribution in [0.2, 0.25) is 0 Å². The second-order valence-electron chi connectivity index (χ2n) is 4.73. The molecule has 3 N–H and O–H groups in total. The number of nitrogen functional groups attached to an aromatic ring is 1. The molecular weight excluding hydrogens is 244 g/mol. The van der Waals surface area contributed by atoms with E-state index in [1.807, 2.05) is 16.8 Å². The van der Waals surface area contributed by atoms with Crippen molar-refractivity contribution in [3.63, 3.8) is 0 Å². The van der Waals surface area contributed by atoms with Gasteiger partial charge in [-0.05, 0) is 13.3 Å². The zero-order valence-corrected chi connectivity index (χ0v) is 10.9. The van der Waals surface area contributed by atoms with Gasteiger partial charge in [0, 0.05) is 32.1 Å². The third-order valence-corrected chi connectivity index (χ3v) is 3.26. The molecule has 7 heteroatoms. The van der Waals surface area contributed by atoms with Gasteiger partial charge in [-0.1, -0.05) is 0 Å². The first kappa shape index (κ1) is 12.2. The number of fused-ring (bicyclic) bond motifs is 1. The Hall–Kier alpha value is -1.86. The van der Waals surface area contributed by atoms with Crippen LogP contribution < -0.4 is 16.2 Å². The number of nitrogens with two attached hydrogens (primary N) is 1. The first-order chi connectivity index (χ1) is 9.28. The molecule has 1 unspecified atom stereocenters. The van der Waals surface area contributed by atoms with Crippen LogP contribution in [-0.4, -0.2) is 40.2 Å². The maximum atomic E-state index is 5.67. The number of rotatable bonds is 2. The average molecular weight is 262 g/mol. The summed E-state index contributed by atoms with van der Waals surface area (Å²) in [5.74, 6) is 6.95. The Bertz CT molecular complexity index is 568. The van der Waals surface area contributed by atoms with Crippen LogP contribution in [-0.2, 0) is 4.74 Å². The maximum absolute atomic E-state index is 5.67. The van der Waals surface area contributed by atoms with Crippen LogP contribution >= 0.6 is 0 Å². The first-order valence-electron chi connectivity index (χ1n) is 6.45. The first-order valence-corrected chi connectivity index (χ1v) is 6.45. The number of aromatic nitrogens is 3. The monoisotopic (exact) mass is 262 g/mol. The highest BCUT2D eigenvalue weighted by Crippen LogP contribution is 2.22. The van der Waals surface area contributed by atoms with Gasteiger partial charge in [0.15, 0.2) is 17.3 Å². The summed E-state index contributed by atoms with van der Waals surface area (Å²) >= 11 is 0. The summed E-state index contributed by atoms with van der Waals surface area (Å²) in [5, 5.41) is 0. The van der Waals surface area contributed by atoms with E-state index >= 15 is 0 Å². The molecule has 0 aliphatic carbocycles. The normalized spacial score (nSPS) is 20.5. The van der Waals surface area contributed by atoms with Gasteiger partial charge in [0.1, 0.15) is 0 Å². The van der Waals surface area contributed by atoms with Crippen molar-refractivity contribution in [3.05, 3.63) is 18.6 Å². The summed E-state index contributed by atoms with van der Waals surface area (Å²) in [5.41, 5.74) is 3.44. The largest absolute Gasteiger partial charge is 0.377 e. The quantitative estimate of drug-likeness (QED) is 0.610. The summed E-state index contributed by atoms with van der Waals surface area (Å²) in [7, 11) is 0. The minimum Gasteiger partial charge on any atom is -0.377 e. The van der Waals surface area contributed by atoms with Gasteiger partial charge < -0.3 is 19.5 Å². The molecule has 0 spiro atoms. The molecular formula is C12H18N6O. The van der Waals surface area contributed by atoms with Gasteiger partial charge in [-0.15, -0.1) is 0 Å². The van der Waals surface area contributed by atoms with Crippen molar-refractivity contribution in [2.24, 2.45) is 5.84 Å². The van der Waals surface area contributed by atoms with E-state index in [-0.39, 0.29) is 6.10 Å². The lowest BCUT2D eigenvalue weighted by atomic mass is 10.3. The van der Waals surface area contributed by atoms with Crippen molar-refractivity contribution in [2.45, 2.75) is 19.4 Å². The van der Waals surface area contributed by atoms with Gasteiger partial charge in [-0.3, -0.25) is 0 Å². The predicted molar refractivity (Wildman–Crippen MR) is 73.0 cm³/mol. The highest BCUT2D eigenvalue weighted by Gasteiger charge is 2.20. The highest BCUT2D eigenvalue weighted by molar-refractivity contribution is 5.66. The third kappa shape index (κ3) is 2.34. The van der Waals surface area contributed by atoms with Crippen LogP contribution in [0.4, 0.5) is 11.6 Å². The Kier molecular flexibility index (Phi) is 3.22. The van der Waals surface area contributed by atoms with E-state index in [2.05, 4.69) is 27.2 Å². The molecule has 1 atom stereocenters. The van der Waals surface area contributed by atoms with Crippen molar-refractivity contribution < 1.29 is 4.74 Å². The van der Waals surface area contributed by atoms with E-state index in [4.69, 9.17) is 10.6 Å². The molecule has 102 valence electrons. The van der Waals surface area contributed by atoms with Crippen molar-refractivity contribution in [1.29, 1.82) is 0 Å². The van der Waals surface area contributed by atoms with Crippen molar-refractivity contribution in [3.8, 4) is 0 Å². The van der Waals surface area contributed by atoms with Gasteiger partial charge in [0.05, 0.1) is 12.3 Å².